The molecule has 1 N–H and O–H groups in total. The highest BCUT2D eigenvalue weighted by Gasteiger charge is 2.17. The lowest BCUT2D eigenvalue weighted by atomic mass is 9.99. The van der Waals surface area contributed by atoms with Gasteiger partial charge in [0.2, 0.25) is 0 Å². The first-order valence-electron chi connectivity index (χ1n) is 5.97. The van der Waals surface area contributed by atoms with Gasteiger partial charge in [0.25, 0.3) is 0 Å². The topological polar surface area (TPSA) is 37.8 Å². The lowest BCUT2D eigenvalue weighted by molar-refractivity contribution is 0.604. The van der Waals surface area contributed by atoms with Gasteiger partial charge in [0.1, 0.15) is 5.82 Å². The molecule has 0 aliphatic rings. The molecule has 0 fully saturated rings. The van der Waals surface area contributed by atoms with Crippen molar-refractivity contribution in [2.75, 3.05) is 7.05 Å². The molecule has 2 rings (SSSR count). The van der Waals surface area contributed by atoms with Crippen LogP contribution >= 0.6 is 0 Å². The summed E-state index contributed by atoms with van der Waals surface area (Å²) in [5.41, 5.74) is 2.86. The van der Waals surface area contributed by atoms with Gasteiger partial charge in [0.05, 0.1) is 17.9 Å². The largest absolute Gasteiger partial charge is 0.308 e. The Bertz CT molecular complexity index is 528. The van der Waals surface area contributed by atoms with Crippen LogP contribution in [0.4, 0.5) is 4.39 Å². The van der Waals surface area contributed by atoms with Gasteiger partial charge in [-0.25, -0.2) is 4.39 Å². The number of nitrogens with one attached hydrogen (secondary N) is 1. The summed E-state index contributed by atoms with van der Waals surface area (Å²) >= 11 is 0. The average molecular weight is 245 g/mol. The molecule has 1 unspecified atom stereocenters. The first-order valence-corrected chi connectivity index (χ1v) is 5.97. The normalized spacial score (nSPS) is 12.4. The Labute approximate surface area is 106 Å². The van der Waals surface area contributed by atoms with Crippen LogP contribution in [0, 0.1) is 5.82 Å². The molecule has 0 saturated heterocycles. The molecule has 4 heteroatoms. The Morgan fingerprint density at radius 3 is 2.89 bits per heavy atom. The molecule has 3 nitrogen and oxygen atoms in total. The van der Waals surface area contributed by atoms with Crippen LogP contribution < -0.4 is 5.32 Å². The fraction of sp³-hybridized carbons (Fsp3) is 0.286. The predicted octanol–water partition coefficient (Wildman–Crippen LogP) is 2.49. The van der Waals surface area contributed by atoms with Crippen LogP contribution in [0.15, 0.2) is 36.8 Å². The van der Waals surface area contributed by atoms with Gasteiger partial charge in [-0.3, -0.25) is 9.97 Å². The molecule has 2 heterocycles. The first-order chi connectivity index (χ1) is 8.76. The Morgan fingerprint density at radius 1 is 1.39 bits per heavy atom. The van der Waals surface area contributed by atoms with Gasteiger partial charge in [-0.05, 0) is 36.7 Å². The summed E-state index contributed by atoms with van der Waals surface area (Å²) < 4.78 is 13.3. The summed E-state index contributed by atoms with van der Waals surface area (Å²) in [7, 11) is 1.84. The number of aromatic nitrogens is 2. The second-order valence-electron chi connectivity index (χ2n) is 4.06. The Balaban J connectivity index is 2.45. The third-order valence-corrected chi connectivity index (χ3v) is 2.93. The van der Waals surface area contributed by atoms with Crippen molar-refractivity contribution in [1.29, 1.82) is 0 Å². The Morgan fingerprint density at radius 2 is 2.22 bits per heavy atom. The number of aryl methyl sites for hydroxylation is 1. The molecule has 0 aliphatic heterocycles. The molecule has 18 heavy (non-hydrogen) atoms. The van der Waals surface area contributed by atoms with Gasteiger partial charge in [-0.2, -0.15) is 0 Å². The number of hydrogen-bond acceptors (Lipinski definition) is 3. The molecule has 2 aromatic heterocycles. The number of rotatable bonds is 4. The van der Waals surface area contributed by atoms with Crippen molar-refractivity contribution >= 4 is 0 Å². The third kappa shape index (κ3) is 2.54. The minimum absolute atomic E-state index is 0.135. The summed E-state index contributed by atoms with van der Waals surface area (Å²) in [4.78, 5) is 8.31. The molecule has 0 spiro atoms. The standard InChI is InChI=1S/C14H16FN3/c1-3-10-5-4-6-18-14(10)13(16-2)11-7-12(15)9-17-8-11/h4-9,13,16H,3H2,1-2H3. The van der Waals surface area contributed by atoms with Crippen molar-refractivity contribution in [3.05, 3.63) is 59.4 Å². The van der Waals surface area contributed by atoms with E-state index in [-0.39, 0.29) is 11.9 Å². The SMILES string of the molecule is CCc1cccnc1C(NC)c1cncc(F)c1. The highest BCUT2D eigenvalue weighted by molar-refractivity contribution is 5.31. The summed E-state index contributed by atoms with van der Waals surface area (Å²) in [5, 5.41) is 3.17. The van der Waals surface area contributed by atoms with Crippen LogP contribution in [0.25, 0.3) is 0 Å². The maximum Gasteiger partial charge on any atom is 0.141 e. The maximum absolute atomic E-state index is 13.3. The summed E-state index contributed by atoms with van der Waals surface area (Å²) in [6.45, 7) is 2.08. The fourth-order valence-electron chi connectivity index (χ4n) is 2.06. The van der Waals surface area contributed by atoms with E-state index in [0.717, 1.165) is 23.2 Å². The number of halogens is 1. The maximum atomic E-state index is 13.3. The molecule has 0 aromatic carbocycles. The molecule has 0 amide bonds. The lowest BCUT2D eigenvalue weighted by Crippen LogP contribution is -2.20. The Hall–Kier alpha value is -1.81. The van der Waals surface area contributed by atoms with E-state index in [2.05, 4.69) is 22.2 Å². The molecule has 0 saturated carbocycles. The van der Waals surface area contributed by atoms with E-state index < -0.39 is 0 Å². The van der Waals surface area contributed by atoms with Crippen molar-refractivity contribution < 1.29 is 4.39 Å². The first kappa shape index (κ1) is 12.6. The zero-order valence-electron chi connectivity index (χ0n) is 10.5. The van der Waals surface area contributed by atoms with E-state index in [4.69, 9.17) is 0 Å². The highest BCUT2D eigenvalue weighted by atomic mass is 19.1. The van der Waals surface area contributed by atoms with Crippen LogP contribution in [0.1, 0.15) is 29.8 Å². The van der Waals surface area contributed by atoms with Gasteiger partial charge in [-0.15, -0.1) is 0 Å². The summed E-state index contributed by atoms with van der Waals surface area (Å²) in [6, 6.07) is 5.31. The number of nitrogens with zero attached hydrogens (tertiary/aromatic N) is 2. The number of hydrogen-bond donors (Lipinski definition) is 1. The molecule has 94 valence electrons. The molecule has 0 radical (unpaired) electrons. The van der Waals surface area contributed by atoms with Crippen molar-refractivity contribution in [2.45, 2.75) is 19.4 Å². The fourth-order valence-corrected chi connectivity index (χ4v) is 2.06. The molecule has 0 aliphatic carbocycles. The Kier molecular flexibility index (Phi) is 3.99. The van der Waals surface area contributed by atoms with Crippen LogP contribution in [-0.4, -0.2) is 17.0 Å². The van der Waals surface area contributed by atoms with Crippen LogP contribution in [-0.2, 0) is 6.42 Å². The van der Waals surface area contributed by atoms with E-state index in [0.29, 0.717) is 0 Å². The van der Waals surface area contributed by atoms with Crippen LogP contribution in [0.3, 0.4) is 0 Å². The van der Waals surface area contributed by atoms with Gasteiger partial charge in [-0.1, -0.05) is 13.0 Å². The minimum Gasteiger partial charge on any atom is -0.308 e. The molecular weight excluding hydrogens is 229 g/mol. The van der Waals surface area contributed by atoms with Gasteiger partial charge >= 0.3 is 0 Å². The molecule has 0 bridgehead atoms. The molecule has 1 atom stereocenters. The van der Waals surface area contributed by atoms with E-state index in [1.807, 2.05) is 19.2 Å². The monoisotopic (exact) mass is 245 g/mol. The quantitative estimate of drug-likeness (QED) is 0.899. The van der Waals surface area contributed by atoms with Crippen LogP contribution in [0.2, 0.25) is 0 Å². The summed E-state index contributed by atoms with van der Waals surface area (Å²) in [6.07, 6.45) is 5.52. The number of pyridine rings is 2. The van der Waals surface area contributed by atoms with Gasteiger partial charge < -0.3 is 5.32 Å². The van der Waals surface area contributed by atoms with Gasteiger partial charge in [0, 0.05) is 12.4 Å². The van der Waals surface area contributed by atoms with Crippen molar-refractivity contribution in [1.82, 2.24) is 15.3 Å². The second-order valence-corrected chi connectivity index (χ2v) is 4.06. The van der Waals surface area contributed by atoms with Crippen molar-refractivity contribution in [3.8, 4) is 0 Å². The summed E-state index contributed by atoms with van der Waals surface area (Å²) in [5.74, 6) is -0.332. The highest BCUT2D eigenvalue weighted by Crippen LogP contribution is 2.23. The van der Waals surface area contributed by atoms with E-state index in [1.165, 1.54) is 12.3 Å². The average Bonchev–Trinajstić information content (AvgIpc) is 2.40. The molecule has 2 aromatic rings. The van der Waals surface area contributed by atoms with E-state index in [1.54, 1.807) is 12.4 Å². The van der Waals surface area contributed by atoms with Crippen molar-refractivity contribution in [3.63, 3.8) is 0 Å². The van der Waals surface area contributed by atoms with Gasteiger partial charge in [0.15, 0.2) is 0 Å². The minimum atomic E-state index is -0.332. The van der Waals surface area contributed by atoms with E-state index >= 15 is 0 Å². The van der Waals surface area contributed by atoms with E-state index in [9.17, 15) is 4.39 Å². The zero-order valence-corrected chi connectivity index (χ0v) is 10.5. The van der Waals surface area contributed by atoms with Crippen LogP contribution in [0.5, 0.6) is 0 Å². The van der Waals surface area contributed by atoms with Crippen molar-refractivity contribution in [2.24, 2.45) is 0 Å². The lowest BCUT2D eigenvalue weighted by Gasteiger charge is -2.18. The second kappa shape index (κ2) is 5.69. The smallest absolute Gasteiger partial charge is 0.141 e. The third-order valence-electron chi connectivity index (χ3n) is 2.93. The predicted molar refractivity (Wildman–Crippen MR) is 68.7 cm³/mol. The molecular formula is C14H16FN3. The zero-order chi connectivity index (χ0) is 13.0.